The van der Waals surface area contributed by atoms with Gasteiger partial charge < -0.3 is 0 Å². The molecule has 1 aromatic carbocycles. The van der Waals surface area contributed by atoms with Crippen molar-refractivity contribution in [1.82, 2.24) is 0 Å². The molecule has 0 N–H and O–H groups in total. The smallest absolute Gasteiger partial charge is 0.258 e. The Kier molecular flexibility index (Phi) is 3.04. The van der Waals surface area contributed by atoms with E-state index in [1.165, 1.54) is 0 Å². The summed E-state index contributed by atoms with van der Waals surface area (Å²) < 4.78 is 73.6. The third-order valence-electron chi connectivity index (χ3n) is 1.82. The van der Waals surface area contributed by atoms with Gasteiger partial charge in [-0.3, -0.25) is 10.1 Å². The maximum Gasteiger partial charge on any atom is 0.417 e. The van der Waals surface area contributed by atoms with Crippen LogP contribution in [-0.4, -0.2) is 4.92 Å². The van der Waals surface area contributed by atoms with Crippen molar-refractivity contribution in [2.45, 2.75) is 12.4 Å². The fourth-order valence-corrected chi connectivity index (χ4v) is 1.13. The second kappa shape index (κ2) is 3.90. The van der Waals surface area contributed by atoms with Crippen molar-refractivity contribution in [2.24, 2.45) is 0 Å². The summed E-state index contributed by atoms with van der Waals surface area (Å²) >= 11 is 0. The van der Waals surface area contributed by atoms with Crippen molar-refractivity contribution >= 4 is 5.69 Å². The normalized spacial score (nSPS) is 12.6. The molecule has 0 fully saturated rings. The van der Waals surface area contributed by atoms with E-state index in [0.717, 1.165) is 0 Å². The zero-order chi connectivity index (χ0) is 13.4. The van der Waals surface area contributed by atoms with Crippen LogP contribution in [0.5, 0.6) is 0 Å². The molecule has 1 rings (SSSR count). The Morgan fingerprint density at radius 1 is 0.941 bits per heavy atom. The number of benzene rings is 1. The number of non-ortho nitro benzene ring substituents is 1. The summed E-state index contributed by atoms with van der Waals surface area (Å²) in [5, 5.41) is 10.2. The summed E-state index contributed by atoms with van der Waals surface area (Å²) in [6.07, 6.45) is -10.5. The number of nitro groups is 1. The van der Waals surface area contributed by atoms with E-state index in [-0.39, 0.29) is 12.1 Å². The Balaban J connectivity index is 3.49. The van der Waals surface area contributed by atoms with Crippen molar-refractivity contribution in [3.8, 4) is 0 Å². The maximum absolute atomic E-state index is 12.3. The van der Waals surface area contributed by atoms with Gasteiger partial charge in [0.15, 0.2) is 0 Å². The molecule has 0 heterocycles. The van der Waals surface area contributed by atoms with Crippen molar-refractivity contribution in [2.75, 3.05) is 0 Å². The van der Waals surface area contributed by atoms with Crippen LogP contribution in [0.2, 0.25) is 0 Å². The molecule has 0 aliphatic heterocycles. The number of hydrogen-bond acceptors (Lipinski definition) is 2. The van der Waals surface area contributed by atoms with E-state index in [0.29, 0.717) is 6.07 Å². The number of nitro benzene ring substituents is 1. The Morgan fingerprint density at radius 3 is 1.76 bits per heavy atom. The van der Waals surface area contributed by atoms with Gasteiger partial charge in [0.05, 0.1) is 16.1 Å². The number of nitrogens with zero attached hydrogens (tertiary/aromatic N) is 1. The molecule has 9 heteroatoms. The number of hydrogen-bond donors (Lipinski definition) is 0. The lowest BCUT2D eigenvalue weighted by molar-refractivity contribution is -0.385. The molecule has 0 spiro atoms. The van der Waals surface area contributed by atoms with E-state index >= 15 is 0 Å². The summed E-state index contributed by atoms with van der Waals surface area (Å²) in [7, 11) is 0. The molecule has 0 atom stereocenters. The molecule has 0 aromatic heterocycles. The highest BCUT2D eigenvalue weighted by atomic mass is 19.4. The minimum atomic E-state index is -5.31. The molecule has 0 bridgehead atoms. The van der Waals surface area contributed by atoms with Crippen molar-refractivity contribution < 1.29 is 31.3 Å². The van der Waals surface area contributed by atoms with Crippen LogP contribution in [0.1, 0.15) is 11.1 Å². The van der Waals surface area contributed by atoms with Gasteiger partial charge in [-0.1, -0.05) is 0 Å². The topological polar surface area (TPSA) is 43.1 Å². The molecular weight excluding hydrogens is 256 g/mol. The minimum absolute atomic E-state index is 0.0426. The fraction of sp³-hybridized carbons (Fsp3) is 0.250. The first kappa shape index (κ1) is 13.3. The van der Waals surface area contributed by atoms with E-state index in [1.54, 1.807) is 0 Å². The van der Waals surface area contributed by atoms with Gasteiger partial charge in [-0.05, 0) is 6.07 Å². The zero-order valence-corrected chi connectivity index (χ0v) is 7.76. The van der Waals surface area contributed by atoms with Gasteiger partial charge in [0.2, 0.25) is 0 Å². The quantitative estimate of drug-likeness (QED) is 0.439. The van der Waals surface area contributed by atoms with Crippen LogP contribution < -0.4 is 0 Å². The molecule has 0 unspecified atom stereocenters. The lowest BCUT2D eigenvalue weighted by atomic mass is 10.1. The third-order valence-corrected chi connectivity index (χ3v) is 1.82. The number of rotatable bonds is 1. The SMILES string of the molecule is O=[N+]([O-])c1ccc(C(F)(F)F)c(C(F)(F)F)c1. The minimum Gasteiger partial charge on any atom is -0.258 e. The molecular formula is C8H3F6NO2. The second-order valence-corrected chi connectivity index (χ2v) is 2.98. The van der Waals surface area contributed by atoms with Crippen LogP contribution >= 0.6 is 0 Å². The molecule has 0 radical (unpaired) electrons. The molecule has 3 nitrogen and oxygen atoms in total. The van der Waals surface area contributed by atoms with Crippen LogP contribution in [-0.2, 0) is 12.4 Å². The average molecular weight is 259 g/mol. The van der Waals surface area contributed by atoms with Crippen LogP contribution in [0.4, 0.5) is 32.0 Å². The van der Waals surface area contributed by atoms with E-state index in [1.807, 2.05) is 0 Å². The predicted molar refractivity (Wildman–Crippen MR) is 43.1 cm³/mol. The Bertz CT molecular complexity index is 450. The largest absolute Gasteiger partial charge is 0.417 e. The highest BCUT2D eigenvalue weighted by Crippen LogP contribution is 2.41. The molecule has 94 valence electrons. The number of halogens is 6. The lowest BCUT2D eigenvalue weighted by Gasteiger charge is -2.14. The highest BCUT2D eigenvalue weighted by Gasteiger charge is 2.43. The Labute approximate surface area is 89.8 Å². The molecule has 0 saturated heterocycles. The summed E-state index contributed by atoms with van der Waals surface area (Å²) in [5.41, 5.74) is -5.07. The standard InChI is InChI=1S/C8H3F6NO2/c9-7(10,11)5-2-1-4(15(16)17)3-6(5)8(12,13)14/h1-3H. The van der Waals surface area contributed by atoms with E-state index in [4.69, 9.17) is 0 Å². The monoisotopic (exact) mass is 259 g/mol. The van der Waals surface area contributed by atoms with Crippen molar-refractivity contribution in [1.29, 1.82) is 0 Å². The van der Waals surface area contributed by atoms with Gasteiger partial charge in [0, 0.05) is 12.1 Å². The molecule has 0 aliphatic carbocycles. The first-order chi connectivity index (χ1) is 7.53. The van der Waals surface area contributed by atoms with Crippen LogP contribution in [0.15, 0.2) is 18.2 Å². The zero-order valence-electron chi connectivity index (χ0n) is 7.76. The van der Waals surface area contributed by atoms with E-state index in [2.05, 4.69) is 0 Å². The van der Waals surface area contributed by atoms with Crippen molar-refractivity contribution in [3.05, 3.63) is 39.4 Å². The van der Waals surface area contributed by atoms with Gasteiger partial charge in [-0.25, -0.2) is 0 Å². The van der Waals surface area contributed by atoms with Crippen molar-refractivity contribution in [3.63, 3.8) is 0 Å². The third kappa shape index (κ3) is 2.86. The van der Waals surface area contributed by atoms with Gasteiger partial charge in [0.1, 0.15) is 0 Å². The van der Waals surface area contributed by atoms with Crippen LogP contribution in [0, 0.1) is 10.1 Å². The van der Waals surface area contributed by atoms with Gasteiger partial charge in [-0.15, -0.1) is 0 Å². The molecule has 0 aliphatic rings. The first-order valence-corrected chi connectivity index (χ1v) is 3.96. The van der Waals surface area contributed by atoms with E-state index < -0.39 is 34.1 Å². The molecule has 17 heavy (non-hydrogen) atoms. The summed E-state index contributed by atoms with van der Waals surface area (Å²) in [5.74, 6) is 0. The Morgan fingerprint density at radius 2 is 1.41 bits per heavy atom. The summed E-state index contributed by atoms with van der Waals surface area (Å²) in [4.78, 5) is 9.00. The first-order valence-electron chi connectivity index (χ1n) is 3.96. The number of alkyl halides is 6. The van der Waals surface area contributed by atoms with Crippen LogP contribution in [0.3, 0.4) is 0 Å². The fourth-order valence-electron chi connectivity index (χ4n) is 1.13. The summed E-state index contributed by atoms with van der Waals surface area (Å²) in [6, 6.07) is 0.280. The molecule has 1 aromatic rings. The van der Waals surface area contributed by atoms with Gasteiger partial charge in [0.25, 0.3) is 5.69 Å². The summed E-state index contributed by atoms with van der Waals surface area (Å²) in [6.45, 7) is 0. The van der Waals surface area contributed by atoms with E-state index in [9.17, 15) is 36.5 Å². The predicted octanol–water partition coefficient (Wildman–Crippen LogP) is 3.63. The highest BCUT2D eigenvalue weighted by molar-refractivity contribution is 5.42. The molecule has 0 amide bonds. The van der Waals surface area contributed by atoms with Crippen LogP contribution in [0.25, 0.3) is 0 Å². The Hall–Kier alpha value is -1.80. The molecule has 0 saturated carbocycles. The maximum atomic E-state index is 12.3. The van der Waals surface area contributed by atoms with Gasteiger partial charge in [-0.2, -0.15) is 26.3 Å². The average Bonchev–Trinajstić information content (AvgIpc) is 2.14. The van der Waals surface area contributed by atoms with Gasteiger partial charge >= 0.3 is 12.4 Å². The lowest BCUT2D eigenvalue weighted by Crippen LogP contribution is -2.16. The second-order valence-electron chi connectivity index (χ2n) is 2.98.